The molecule has 1 heterocycles. The third-order valence-electron chi connectivity index (χ3n) is 3.95. The Bertz CT molecular complexity index is 663. The van der Waals surface area contributed by atoms with E-state index < -0.39 is 17.6 Å². The number of benzene rings is 1. The minimum absolute atomic E-state index is 0.173. The molecule has 1 atom stereocenters. The molecule has 2 N–H and O–H groups in total. The van der Waals surface area contributed by atoms with Gasteiger partial charge >= 0.3 is 6.18 Å². The minimum Gasteiger partial charge on any atom is -0.310 e. The highest BCUT2D eigenvalue weighted by Gasteiger charge is 2.34. The van der Waals surface area contributed by atoms with Crippen molar-refractivity contribution in [2.75, 3.05) is 0 Å². The number of H-pyrrole nitrogens is 1. The van der Waals surface area contributed by atoms with Crippen LogP contribution in [0.3, 0.4) is 0 Å². The summed E-state index contributed by atoms with van der Waals surface area (Å²) in [5.41, 5.74) is 1.47. The predicted octanol–water partition coefficient (Wildman–Crippen LogP) is 3.21. The fourth-order valence-corrected chi connectivity index (χ4v) is 2.74. The van der Waals surface area contributed by atoms with Crippen LogP contribution >= 0.6 is 0 Å². The molecule has 22 heavy (non-hydrogen) atoms. The topological polar surface area (TPSA) is 40.7 Å². The number of aromatic amines is 1. The van der Waals surface area contributed by atoms with Crippen molar-refractivity contribution >= 4 is 0 Å². The smallest absolute Gasteiger partial charge is 0.310 e. The molecule has 3 rings (SSSR count). The van der Waals surface area contributed by atoms with Gasteiger partial charge < -0.3 is 5.32 Å². The normalized spacial score (nSPS) is 18.3. The summed E-state index contributed by atoms with van der Waals surface area (Å²) in [5.74, 6) is -1.24. The van der Waals surface area contributed by atoms with Crippen LogP contribution in [-0.4, -0.2) is 16.2 Å². The van der Waals surface area contributed by atoms with Crippen LogP contribution in [0.15, 0.2) is 24.4 Å². The van der Waals surface area contributed by atoms with Crippen LogP contribution in [0.5, 0.6) is 0 Å². The number of alkyl halides is 3. The van der Waals surface area contributed by atoms with Gasteiger partial charge in [0.2, 0.25) is 0 Å². The second kappa shape index (κ2) is 5.72. The number of nitrogens with one attached hydrogen (secondary N) is 2. The van der Waals surface area contributed by atoms with Crippen LogP contribution in [0.2, 0.25) is 0 Å². The lowest BCUT2D eigenvalue weighted by molar-refractivity contribution is -0.140. The zero-order valence-electron chi connectivity index (χ0n) is 11.7. The van der Waals surface area contributed by atoms with Crippen molar-refractivity contribution in [2.24, 2.45) is 0 Å². The summed E-state index contributed by atoms with van der Waals surface area (Å²) in [6.07, 6.45) is -0.305. The van der Waals surface area contributed by atoms with Gasteiger partial charge in [0.05, 0.1) is 11.8 Å². The molecule has 0 aliphatic heterocycles. The molecule has 1 aliphatic carbocycles. The number of fused-ring (bicyclic) bond motifs is 1. The second-order valence-corrected chi connectivity index (χ2v) is 5.51. The molecule has 1 aromatic heterocycles. The number of hydrogen-bond acceptors (Lipinski definition) is 2. The van der Waals surface area contributed by atoms with Crippen molar-refractivity contribution < 1.29 is 17.6 Å². The van der Waals surface area contributed by atoms with E-state index in [1.54, 1.807) is 6.20 Å². The van der Waals surface area contributed by atoms with E-state index >= 15 is 0 Å². The summed E-state index contributed by atoms with van der Waals surface area (Å²) in [7, 11) is 0. The highest BCUT2D eigenvalue weighted by atomic mass is 19.4. The Kier molecular flexibility index (Phi) is 3.90. The molecule has 2 aromatic rings. The number of halogens is 4. The number of aromatic nitrogens is 2. The largest absolute Gasteiger partial charge is 0.419 e. The van der Waals surface area contributed by atoms with Crippen molar-refractivity contribution in [3.63, 3.8) is 0 Å². The monoisotopic (exact) mass is 313 g/mol. The van der Waals surface area contributed by atoms with Crippen LogP contribution < -0.4 is 5.32 Å². The maximum Gasteiger partial charge on any atom is 0.419 e. The van der Waals surface area contributed by atoms with Gasteiger partial charge in [0, 0.05) is 24.7 Å². The summed E-state index contributed by atoms with van der Waals surface area (Å²) in [6.45, 7) is 0.275. The lowest BCUT2D eigenvalue weighted by atomic mass is 9.93. The molecule has 7 heteroatoms. The SMILES string of the molecule is Fc1ccc(CN[C@@H]2CCc3cn[nH]c3C2)cc1C(F)(F)F. The first-order chi connectivity index (χ1) is 10.4. The van der Waals surface area contributed by atoms with Gasteiger partial charge in [-0.1, -0.05) is 6.07 Å². The molecule has 0 radical (unpaired) electrons. The van der Waals surface area contributed by atoms with Gasteiger partial charge in [-0.25, -0.2) is 4.39 Å². The highest BCUT2D eigenvalue weighted by molar-refractivity contribution is 5.27. The third-order valence-corrected chi connectivity index (χ3v) is 3.95. The Morgan fingerprint density at radius 1 is 1.32 bits per heavy atom. The first kappa shape index (κ1) is 15.0. The average Bonchev–Trinajstić information content (AvgIpc) is 2.92. The zero-order chi connectivity index (χ0) is 15.7. The number of nitrogens with zero attached hydrogens (tertiary/aromatic N) is 1. The Hall–Kier alpha value is -1.89. The number of hydrogen-bond donors (Lipinski definition) is 2. The third kappa shape index (κ3) is 3.14. The lowest BCUT2D eigenvalue weighted by Crippen LogP contribution is -2.34. The summed E-state index contributed by atoms with van der Waals surface area (Å²) >= 11 is 0. The first-order valence-electron chi connectivity index (χ1n) is 7.03. The van der Waals surface area contributed by atoms with Crippen LogP contribution in [0.1, 0.15) is 28.8 Å². The maximum absolute atomic E-state index is 13.2. The number of aryl methyl sites for hydroxylation is 1. The molecule has 0 saturated heterocycles. The van der Waals surface area contributed by atoms with E-state index in [9.17, 15) is 17.6 Å². The van der Waals surface area contributed by atoms with Gasteiger partial charge in [0.1, 0.15) is 5.82 Å². The average molecular weight is 313 g/mol. The Morgan fingerprint density at radius 2 is 2.14 bits per heavy atom. The molecule has 1 aliphatic rings. The molecular weight excluding hydrogens is 298 g/mol. The van der Waals surface area contributed by atoms with Crippen molar-refractivity contribution in [2.45, 2.75) is 38.0 Å². The van der Waals surface area contributed by atoms with E-state index in [4.69, 9.17) is 0 Å². The van der Waals surface area contributed by atoms with E-state index in [1.165, 1.54) is 11.6 Å². The molecule has 3 nitrogen and oxygen atoms in total. The minimum atomic E-state index is -4.67. The molecule has 0 saturated carbocycles. The molecule has 1 aromatic carbocycles. The molecule has 0 spiro atoms. The van der Waals surface area contributed by atoms with E-state index in [0.29, 0.717) is 5.56 Å². The van der Waals surface area contributed by atoms with Crippen LogP contribution in [0.4, 0.5) is 17.6 Å². The first-order valence-corrected chi connectivity index (χ1v) is 7.03. The Morgan fingerprint density at radius 3 is 2.91 bits per heavy atom. The van der Waals surface area contributed by atoms with Crippen LogP contribution in [0, 0.1) is 5.82 Å². The molecule has 0 amide bonds. The Balaban J connectivity index is 1.65. The lowest BCUT2D eigenvalue weighted by Gasteiger charge is -2.23. The zero-order valence-corrected chi connectivity index (χ0v) is 11.7. The second-order valence-electron chi connectivity index (χ2n) is 5.51. The molecule has 0 fully saturated rings. The van der Waals surface area contributed by atoms with Crippen LogP contribution in [0.25, 0.3) is 0 Å². The fraction of sp³-hybridized carbons (Fsp3) is 0.400. The van der Waals surface area contributed by atoms with Gasteiger partial charge in [0.25, 0.3) is 0 Å². The van der Waals surface area contributed by atoms with Gasteiger partial charge in [-0.05, 0) is 36.1 Å². The summed E-state index contributed by atoms with van der Waals surface area (Å²) in [6, 6.07) is 3.29. The Labute approximate surface area is 124 Å². The van der Waals surface area contributed by atoms with Crippen molar-refractivity contribution in [3.05, 3.63) is 52.6 Å². The quantitative estimate of drug-likeness (QED) is 0.854. The fourth-order valence-electron chi connectivity index (χ4n) is 2.74. The van der Waals surface area contributed by atoms with Crippen molar-refractivity contribution in [1.82, 2.24) is 15.5 Å². The van der Waals surface area contributed by atoms with E-state index in [1.807, 2.05) is 0 Å². The molecule has 0 unspecified atom stereocenters. The maximum atomic E-state index is 13.2. The van der Waals surface area contributed by atoms with E-state index in [-0.39, 0.29) is 12.6 Å². The standard InChI is InChI=1S/C15H15F4N3/c16-13-4-1-9(5-12(13)15(17,18)19)7-20-11-3-2-10-8-21-22-14(10)6-11/h1,4-5,8,11,20H,2-3,6-7H2,(H,21,22)/t11-/m1/s1. The summed E-state index contributed by atoms with van der Waals surface area (Å²) in [5, 5.41) is 10.1. The summed E-state index contributed by atoms with van der Waals surface area (Å²) < 4.78 is 51.3. The van der Waals surface area contributed by atoms with Gasteiger partial charge in [-0.15, -0.1) is 0 Å². The molecular formula is C15H15F4N3. The van der Waals surface area contributed by atoms with E-state index in [2.05, 4.69) is 15.5 Å². The number of rotatable bonds is 3. The molecule has 0 bridgehead atoms. The summed E-state index contributed by atoms with van der Waals surface area (Å²) in [4.78, 5) is 0. The predicted molar refractivity (Wildman–Crippen MR) is 72.6 cm³/mol. The van der Waals surface area contributed by atoms with Crippen LogP contribution in [-0.2, 0) is 25.6 Å². The molecule has 118 valence electrons. The van der Waals surface area contributed by atoms with Gasteiger partial charge in [-0.2, -0.15) is 18.3 Å². The van der Waals surface area contributed by atoms with Gasteiger partial charge in [0.15, 0.2) is 0 Å². The van der Waals surface area contributed by atoms with E-state index in [0.717, 1.165) is 37.1 Å². The van der Waals surface area contributed by atoms with Gasteiger partial charge in [-0.3, -0.25) is 5.10 Å². The highest BCUT2D eigenvalue weighted by Crippen LogP contribution is 2.32. The van der Waals surface area contributed by atoms with Crippen molar-refractivity contribution in [3.8, 4) is 0 Å². The van der Waals surface area contributed by atoms with Crippen molar-refractivity contribution in [1.29, 1.82) is 0 Å².